The van der Waals surface area contributed by atoms with Crippen LogP contribution in [0.1, 0.15) is 43.7 Å². The molecule has 0 fully saturated rings. The van der Waals surface area contributed by atoms with Crippen molar-refractivity contribution in [2.24, 2.45) is 5.73 Å². The third-order valence-electron chi connectivity index (χ3n) is 8.77. The molecule has 4 rings (SSSR count). The van der Waals surface area contributed by atoms with Gasteiger partial charge in [-0.3, -0.25) is 28.8 Å². The number of hydrogen-bond acceptors (Lipinski definition) is 8. The van der Waals surface area contributed by atoms with E-state index in [1.807, 2.05) is 0 Å². The van der Waals surface area contributed by atoms with Crippen LogP contribution in [0, 0.1) is 0 Å². The Morgan fingerprint density at radius 3 is 1.31 bits per heavy atom. The van der Waals surface area contributed by atoms with Crippen LogP contribution in [0.5, 0.6) is 0 Å². The summed E-state index contributed by atoms with van der Waals surface area (Å²) in [7, 11) is 0. The van der Waals surface area contributed by atoms with Crippen LogP contribution in [0.4, 0.5) is 0 Å². The number of nitrogens with one attached hydrogen (secondary N) is 6. The SMILES string of the molecule is C.CC(NC(=O)C(C)NC(=O)C(Cc1ccc(Cl)cc1)NC(=O)C(Cc1ccc(Cl)cc1)NC(=O)C(Cc1ccc(Cl)cc1)NC(=O)C(N)Cc1cnc[nH]1)C(=O)O. The van der Waals surface area contributed by atoms with E-state index >= 15 is 0 Å². The third kappa shape index (κ3) is 14.8. The molecule has 0 bridgehead atoms. The summed E-state index contributed by atoms with van der Waals surface area (Å²) in [5, 5.41) is 23.6. The largest absolute Gasteiger partial charge is 0.480 e. The summed E-state index contributed by atoms with van der Waals surface area (Å²) in [6.45, 7) is 2.64. The summed E-state index contributed by atoms with van der Waals surface area (Å²) in [6.07, 6.45) is 2.98. The molecule has 0 saturated carbocycles. The van der Waals surface area contributed by atoms with Crippen molar-refractivity contribution in [3.8, 4) is 0 Å². The molecule has 6 unspecified atom stereocenters. The Balaban J connectivity index is 0.00000900. The molecular weight excluding hydrogens is 811 g/mol. The lowest BCUT2D eigenvalue weighted by molar-refractivity contribution is -0.141. The molecule has 310 valence electrons. The number of carbonyl (C=O) groups is 6. The number of nitrogens with two attached hydrogens (primary N) is 1. The highest BCUT2D eigenvalue weighted by atomic mass is 35.5. The van der Waals surface area contributed by atoms with Crippen LogP contribution >= 0.6 is 34.8 Å². The number of carboxylic acids is 1. The number of imidazole rings is 1. The predicted octanol–water partition coefficient (Wildman–Crippen LogP) is 3.15. The highest BCUT2D eigenvalue weighted by Gasteiger charge is 2.32. The maximum absolute atomic E-state index is 14.2. The Labute approximate surface area is 351 Å². The van der Waals surface area contributed by atoms with Gasteiger partial charge in [-0.15, -0.1) is 0 Å². The van der Waals surface area contributed by atoms with Crippen molar-refractivity contribution in [2.75, 3.05) is 0 Å². The molecule has 0 aliphatic heterocycles. The number of benzene rings is 3. The summed E-state index contributed by atoms with van der Waals surface area (Å²) in [5.74, 6) is -4.92. The van der Waals surface area contributed by atoms with Gasteiger partial charge in [0.2, 0.25) is 29.5 Å². The van der Waals surface area contributed by atoms with Crippen molar-refractivity contribution < 1.29 is 33.9 Å². The van der Waals surface area contributed by atoms with Gasteiger partial charge in [-0.05, 0) is 66.9 Å². The second-order valence-corrected chi connectivity index (χ2v) is 14.7. The smallest absolute Gasteiger partial charge is 0.325 e. The van der Waals surface area contributed by atoms with Crippen molar-refractivity contribution in [2.45, 2.75) is 83.2 Å². The standard InChI is InChI=1S/C39H43Cl3N8O7.CH4/c1-21(34(51)47-22(2)39(56)57)46-36(53)31(15-23-3-9-26(40)10-4-23)49-38(55)33(17-25-7-13-28(42)14-8-25)50-37(54)32(16-24-5-11-27(41)12-6-24)48-35(52)30(43)18-29-19-44-20-45-29;/h3-14,19-22,30-33H,15-18,43H2,1-2H3,(H,44,45)(H,46,53)(H,47,51)(H,48,52)(H,49,55)(H,50,54)(H,56,57);1H4. The van der Waals surface area contributed by atoms with E-state index in [1.165, 1.54) is 26.4 Å². The molecule has 5 amide bonds. The second kappa shape index (κ2) is 22.5. The van der Waals surface area contributed by atoms with E-state index in [-0.39, 0.29) is 33.1 Å². The van der Waals surface area contributed by atoms with Gasteiger partial charge in [-0.1, -0.05) is 78.6 Å². The lowest BCUT2D eigenvalue weighted by atomic mass is 10.0. The number of aliphatic carboxylic acids is 1. The van der Waals surface area contributed by atoms with Gasteiger partial charge < -0.3 is 42.4 Å². The zero-order valence-electron chi connectivity index (χ0n) is 30.9. The van der Waals surface area contributed by atoms with Gasteiger partial charge in [-0.2, -0.15) is 0 Å². The highest BCUT2D eigenvalue weighted by Crippen LogP contribution is 2.15. The van der Waals surface area contributed by atoms with E-state index in [4.69, 9.17) is 40.5 Å². The lowest BCUT2D eigenvalue weighted by Gasteiger charge is -2.27. The molecule has 0 aliphatic rings. The number of rotatable bonds is 19. The van der Waals surface area contributed by atoms with Crippen LogP contribution in [0.25, 0.3) is 0 Å². The average molecular weight is 858 g/mol. The first kappa shape index (κ1) is 46.9. The minimum Gasteiger partial charge on any atom is -0.480 e. The maximum Gasteiger partial charge on any atom is 0.325 e. The maximum atomic E-state index is 14.2. The third-order valence-corrected chi connectivity index (χ3v) is 9.53. The van der Waals surface area contributed by atoms with E-state index in [1.54, 1.807) is 72.8 Å². The van der Waals surface area contributed by atoms with E-state index in [2.05, 4.69) is 36.6 Å². The summed E-state index contributed by atoms with van der Waals surface area (Å²) >= 11 is 18.3. The number of carbonyl (C=O) groups excluding carboxylic acids is 5. The van der Waals surface area contributed by atoms with Crippen molar-refractivity contribution in [1.29, 1.82) is 0 Å². The van der Waals surface area contributed by atoms with Gasteiger partial charge in [0.15, 0.2) is 0 Å². The molecule has 0 spiro atoms. The van der Waals surface area contributed by atoms with Crippen molar-refractivity contribution >= 4 is 70.3 Å². The highest BCUT2D eigenvalue weighted by molar-refractivity contribution is 6.31. The number of hydrogen-bond donors (Lipinski definition) is 8. The van der Waals surface area contributed by atoms with Crippen LogP contribution in [0.3, 0.4) is 0 Å². The van der Waals surface area contributed by atoms with Gasteiger partial charge in [0.05, 0.1) is 12.4 Å². The zero-order valence-corrected chi connectivity index (χ0v) is 33.2. The number of carboxylic acid groups (broad SMARTS) is 1. The van der Waals surface area contributed by atoms with Gasteiger partial charge in [0, 0.05) is 52.6 Å². The van der Waals surface area contributed by atoms with Crippen molar-refractivity contribution in [1.82, 2.24) is 36.6 Å². The fourth-order valence-electron chi connectivity index (χ4n) is 5.53. The minimum absolute atomic E-state index is 0. The van der Waals surface area contributed by atoms with Crippen LogP contribution in [-0.4, -0.2) is 86.8 Å². The number of H-pyrrole nitrogens is 1. The number of nitrogens with zero attached hydrogens (tertiary/aromatic N) is 1. The quantitative estimate of drug-likeness (QED) is 0.0691. The predicted molar refractivity (Wildman–Crippen MR) is 221 cm³/mol. The number of amides is 5. The Kier molecular flexibility index (Phi) is 18.2. The molecule has 1 aromatic heterocycles. The summed E-state index contributed by atoms with van der Waals surface area (Å²) < 4.78 is 0. The Bertz CT molecular complexity index is 2000. The average Bonchev–Trinajstić information content (AvgIpc) is 3.69. The fraction of sp³-hybridized carbons (Fsp3) is 0.325. The Morgan fingerprint density at radius 2 is 0.948 bits per heavy atom. The first-order valence-corrected chi connectivity index (χ1v) is 18.9. The fourth-order valence-corrected chi connectivity index (χ4v) is 5.90. The zero-order chi connectivity index (χ0) is 41.6. The van der Waals surface area contributed by atoms with Crippen LogP contribution < -0.4 is 32.3 Å². The van der Waals surface area contributed by atoms with Gasteiger partial charge in [0.1, 0.15) is 30.2 Å². The van der Waals surface area contributed by atoms with Crippen LogP contribution in [0.15, 0.2) is 85.3 Å². The minimum atomic E-state index is -1.31. The number of aromatic amines is 1. The summed E-state index contributed by atoms with van der Waals surface area (Å²) in [4.78, 5) is 86.3. The molecule has 0 saturated heterocycles. The van der Waals surface area contributed by atoms with Crippen LogP contribution in [-0.2, 0) is 54.5 Å². The molecule has 0 radical (unpaired) electrons. The molecule has 1 heterocycles. The van der Waals surface area contributed by atoms with Gasteiger partial charge >= 0.3 is 5.97 Å². The Morgan fingerprint density at radius 1 is 0.586 bits per heavy atom. The lowest BCUT2D eigenvalue weighted by Crippen LogP contribution is -2.60. The van der Waals surface area contributed by atoms with E-state index < -0.39 is 71.8 Å². The molecule has 6 atom stereocenters. The molecule has 18 heteroatoms. The van der Waals surface area contributed by atoms with E-state index in [0.717, 1.165) is 0 Å². The topological polar surface area (TPSA) is 238 Å². The monoisotopic (exact) mass is 856 g/mol. The molecule has 3 aromatic carbocycles. The molecule has 4 aromatic rings. The second-order valence-electron chi connectivity index (χ2n) is 13.4. The summed E-state index contributed by atoms with van der Waals surface area (Å²) in [5.41, 5.74) is 8.67. The molecule has 15 nitrogen and oxygen atoms in total. The van der Waals surface area contributed by atoms with E-state index in [0.29, 0.717) is 37.5 Å². The van der Waals surface area contributed by atoms with Crippen molar-refractivity contribution in [3.63, 3.8) is 0 Å². The number of aromatic nitrogens is 2. The van der Waals surface area contributed by atoms with E-state index in [9.17, 15) is 33.9 Å². The molecule has 0 aliphatic carbocycles. The van der Waals surface area contributed by atoms with Crippen molar-refractivity contribution in [3.05, 3.63) is 123 Å². The first-order valence-electron chi connectivity index (χ1n) is 17.8. The number of halogens is 3. The molecular formula is C40H47Cl3N8O7. The van der Waals surface area contributed by atoms with Gasteiger partial charge in [-0.25, -0.2) is 4.98 Å². The van der Waals surface area contributed by atoms with Crippen LogP contribution in [0.2, 0.25) is 15.1 Å². The van der Waals surface area contributed by atoms with Gasteiger partial charge in [0.25, 0.3) is 0 Å². The Hall–Kier alpha value is -5.48. The summed E-state index contributed by atoms with van der Waals surface area (Å²) in [6, 6.07) is 12.5. The molecule has 9 N–H and O–H groups in total. The molecule has 58 heavy (non-hydrogen) atoms. The first-order chi connectivity index (χ1) is 27.1. The normalized spacial score (nSPS) is 13.9.